The molecule has 4 atom stereocenters. The second-order valence-electron chi connectivity index (χ2n) is 13.9. The first-order valence-electron chi connectivity index (χ1n) is 16.7. The van der Waals surface area contributed by atoms with Crippen LogP contribution in [0.5, 0.6) is 0 Å². The Morgan fingerprint density at radius 2 is 2.00 bits per heavy atom. The summed E-state index contributed by atoms with van der Waals surface area (Å²) in [6.07, 6.45) is 6.54. The van der Waals surface area contributed by atoms with Gasteiger partial charge in [-0.3, -0.25) is 9.69 Å². The summed E-state index contributed by atoms with van der Waals surface area (Å²) in [6, 6.07) is 8.40. The highest BCUT2D eigenvalue weighted by Gasteiger charge is 2.48. The molecule has 0 N–H and O–H groups in total. The van der Waals surface area contributed by atoms with E-state index in [4.69, 9.17) is 9.97 Å². The molecule has 0 radical (unpaired) electrons. The Kier molecular flexibility index (Phi) is 8.01. The van der Waals surface area contributed by atoms with Crippen LogP contribution in [0.4, 0.5) is 20.3 Å². The van der Waals surface area contributed by atoms with E-state index in [-0.39, 0.29) is 12.0 Å². The average molecular weight is 616 g/mol. The molecule has 1 aromatic heterocycles. The van der Waals surface area contributed by atoms with Crippen LogP contribution in [-0.4, -0.2) is 82.7 Å². The summed E-state index contributed by atoms with van der Waals surface area (Å²) in [6.45, 7) is 9.72. The number of carbonyl (C=O) groups is 1. The second kappa shape index (κ2) is 12.0. The molecule has 3 fully saturated rings. The van der Waals surface area contributed by atoms with Crippen LogP contribution in [0.1, 0.15) is 67.2 Å². The molecule has 7 rings (SSSR count). The van der Waals surface area contributed by atoms with Crippen molar-refractivity contribution in [3.8, 4) is 6.07 Å². The van der Waals surface area contributed by atoms with Gasteiger partial charge in [0.2, 0.25) is 0 Å². The molecule has 8 nitrogen and oxygen atoms in total. The van der Waals surface area contributed by atoms with E-state index < -0.39 is 23.9 Å². The number of alkyl halides is 1. The van der Waals surface area contributed by atoms with E-state index in [0.29, 0.717) is 51.5 Å². The number of aromatic nitrogens is 2. The van der Waals surface area contributed by atoms with E-state index in [1.807, 2.05) is 0 Å². The maximum Gasteiger partial charge on any atom is 0.282 e. The van der Waals surface area contributed by atoms with Crippen LogP contribution in [0.3, 0.4) is 0 Å². The van der Waals surface area contributed by atoms with Crippen molar-refractivity contribution in [3.05, 3.63) is 58.8 Å². The van der Waals surface area contributed by atoms with E-state index in [0.717, 1.165) is 74.5 Å². The van der Waals surface area contributed by atoms with E-state index >= 15 is 0 Å². The van der Waals surface area contributed by atoms with Crippen LogP contribution < -0.4 is 9.80 Å². The van der Waals surface area contributed by atoms with E-state index in [1.54, 1.807) is 0 Å². The molecule has 1 amide bonds. The molecular formula is C35H43F2N7O. The third kappa shape index (κ3) is 5.58. The number of aryl methyl sites for hydroxylation is 1. The average Bonchev–Trinajstić information content (AvgIpc) is 3.69. The van der Waals surface area contributed by atoms with Crippen LogP contribution >= 0.6 is 0 Å². The van der Waals surface area contributed by atoms with Crippen molar-refractivity contribution in [1.82, 2.24) is 19.8 Å². The van der Waals surface area contributed by atoms with Gasteiger partial charge in [-0.25, -0.2) is 18.7 Å². The molecule has 5 aliphatic rings. The summed E-state index contributed by atoms with van der Waals surface area (Å²) >= 11 is 0. The van der Waals surface area contributed by atoms with Gasteiger partial charge in [0, 0.05) is 55.9 Å². The molecule has 3 saturated heterocycles. The smallest absolute Gasteiger partial charge is 0.282 e. The predicted octanol–water partition coefficient (Wildman–Crippen LogP) is 4.70. The molecule has 1 aromatic carbocycles. The van der Waals surface area contributed by atoms with E-state index in [2.05, 4.69) is 52.5 Å². The molecule has 0 bridgehead atoms. The zero-order valence-electron chi connectivity index (χ0n) is 26.3. The maximum absolute atomic E-state index is 14.5. The normalized spacial score (nSPS) is 27.7. The number of hydrogen-bond acceptors (Lipinski definition) is 7. The molecule has 0 spiro atoms. The molecular weight excluding hydrogens is 572 g/mol. The first kappa shape index (κ1) is 30.1. The minimum Gasteiger partial charge on any atom is -0.365 e. The quantitative estimate of drug-likeness (QED) is 0.418. The highest BCUT2D eigenvalue weighted by atomic mass is 19.1. The molecule has 2 aromatic rings. The van der Waals surface area contributed by atoms with Crippen LogP contribution in [0.25, 0.3) is 0 Å². The Morgan fingerprint density at radius 3 is 2.82 bits per heavy atom. The molecule has 1 unspecified atom stereocenters. The Bertz CT molecular complexity index is 1540. The molecule has 1 aliphatic carbocycles. The first-order valence-corrected chi connectivity index (χ1v) is 16.7. The molecule has 45 heavy (non-hydrogen) atoms. The number of carbonyl (C=O) groups excluding carboxylic acids is 1. The SMILES string of the molecule is C=C(F)C(=O)N1CCN(c2nc(CCC34CCCN3C[C@H](F)C4)nc3c2CCN(c2cccc4c2C[C@H](C)C4)C3)C[C@@H]1CC#N. The van der Waals surface area contributed by atoms with Gasteiger partial charge in [-0.2, -0.15) is 5.26 Å². The standard InChI is InChI=1S/C35H43F2N7O/c1-23-17-25-5-3-6-31(29(25)18-23)41-14-9-28-30(22-41)39-32(7-11-35-10-4-13-43(35)20-26(37)19-35)40-33(28)42-15-16-44(34(45)24(2)36)27(21-42)8-12-38/h3,5-6,23,26-27H,2,4,7-11,13-22H2,1H3/t23-,26-,27+,35?/m1/s1. The molecule has 4 aliphatic heterocycles. The monoisotopic (exact) mass is 615 g/mol. The fourth-order valence-corrected chi connectivity index (χ4v) is 8.89. The first-order chi connectivity index (χ1) is 21.7. The molecule has 0 saturated carbocycles. The fraction of sp³-hybridized carbons (Fsp3) is 0.600. The van der Waals surface area contributed by atoms with Crippen LogP contribution in [-0.2, 0) is 37.0 Å². The molecule has 238 valence electrons. The highest BCUT2D eigenvalue weighted by molar-refractivity contribution is 5.91. The second-order valence-corrected chi connectivity index (χ2v) is 13.9. The lowest BCUT2D eigenvalue weighted by atomic mass is 9.88. The third-order valence-corrected chi connectivity index (χ3v) is 11.0. The number of nitriles is 1. The molecule has 5 heterocycles. The minimum atomic E-state index is -1.00. The predicted molar refractivity (Wildman–Crippen MR) is 169 cm³/mol. The van der Waals surface area contributed by atoms with Gasteiger partial charge in [0.25, 0.3) is 5.91 Å². The summed E-state index contributed by atoms with van der Waals surface area (Å²) in [4.78, 5) is 31.4. The van der Waals surface area contributed by atoms with Gasteiger partial charge in [0.15, 0.2) is 5.83 Å². The lowest BCUT2D eigenvalue weighted by molar-refractivity contribution is -0.131. The number of anilines is 2. The Morgan fingerprint density at radius 1 is 1.13 bits per heavy atom. The van der Waals surface area contributed by atoms with Crippen LogP contribution in [0.2, 0.25) is 0 Å². The largest absolute Gasteiger partial charge is 0.365 e. The highest BCUT2D eigenvalue weighted by Crippen LogP contribution is 2.43. The lowest BCUT2D eigenvalue weighted by Crippen LogP contribution is -2.56. The number of fused-ring (bicyclic) bond motifs is 3. The van der Waals surface area contributed by atoms with Crippen molar-refractivity contribution in [2.75, 3.05) is 49.1 Å². The zero-order chi connectivity index (χ0) is 31.3. The van der Waals surface area contributed by atoms with Crippen molar-refractivity contribution >= 4 is 17.4 Å². The van der Waals surface area contributed by atoms with E-state index in [9.17, 15) is 18.8 Å². The number of hydrogen-bond donors (Lipinski definition) is 0. The van der Waals surface area contributed by atoms with Gasteiger partial charge in [0.1, 0.15) is 17.8 Å². The van der Waals surface area contributed by atoms with E-state index in [1.165, 1.54) is 21.7 Å². The van der Waals surface area contributed by atoms with Crippen molar-refractivity contribution < 1.29 is 13.6 Å². The summed E-state index contributed by atoms with van der Waals surface area (Å²) in [5, 5.41) is 9.55. The zero-order valence-corrected chi connectivity index (χ0v) is 26.3. The summed E-state index contributed by atoms with van der Waals surface area (Å²) in [5.41, 5.74) is 6.24. The van der Waals surface area contributed by atoms with Crippen molar-refractivity contribution in [2.24, 2.45) is 5.92 Å². The Balaban J connectivity index is 1.20. The van der Waals surface area contributed by atoms with Gasteiger partial charge in [-0.15, -0.1) is 0 Å². The van der Waals surface area contributed by atoms with Crippen molar-refractivity contribution in [3.63, 3.8) is 0 Å². The number of halogens is 2. The fourth-order valence-electron chi connectivity index (χ4n) is 8.89. The van der Waals surface area contributed by atoms with Crippen molar-refractivity contribution in [2.45, 2.75) is 89.0 Å². The topological polar surface area (TPSA) is 79.6 Å². The van der Waals surface area contributed by atoms with Gasteiger partial charge < -0.3 is 14.7 Å². The maximum atomic E-state index is 14.5. The van der Waals surface area contributed by atoms with Crippen LogP contribution in [0.15, 0.2) is 30.6 Å². The summed E-state index contributed by atoms with van der Waals surface area (Å²) in [5.74, 6) is 0.538. The van der Waals surface area contributed by atoms with Gasteiger partial charge in [0.05, 0.1) is 30.8 Å². The lowest BCUT2D eigenvalue weighted by Gasteiger charge is -2.42. The number of rotatable bonds is 7. The van der Waals surface area contributed by atoms with Crippen molar-refractivity contribution in [1.29, 1.82) is 5.26 Å². The van der Waals surface area contributed by atoms with Crippen LogP contribution in [0, 0.1) is 17.2 Å². The molecule has 10 heteroatoms. The minimum absolute atomic E-state index is 0.101. The third-order valence-electron chi connectivity index (χ3n) is 11.0. The number of benzene rings is 1. The Labute approximate surface area is 264 Å². The van der Waals surface area contributed by atoms with Gasteiger partial charge >= 0.3 is 0 Å². The van der Waals surface area contributed by atoms with Gasteiger partial charge in [-0.05, 0) is 74.6 Å². The summed E-state index contributed by atoms with van der Waals surface area (Å²) < 4.78 is 28.4. The number of piperazine rings is 1. The summed E-state index contributed by atoms with van der Waals surface area (Å²) in [7, 11) is 0. The number of nitrogens with zero attached hydrogens (tertiary/aromatic N) is 7. The Hall–Kier alpha value is -3.58. The van der Waals surface area contributed by atoms with Gasteiger partial charge in [-0.1, -0.05) is 25.6 Å². The number of amides is 1.